The second-order valence-electron chi connectivity index (χ2n) is 12.2. The van der Waals surface area contributed by atoms with Gasteiger partial charge >= 0.3 is 5.97 Å². The van der Waals surface area contributed by atoms with Crippen LogP contribution in [0, 0.1) is 30.5 Å². The van der Waals surface area contributed by atoms with Gasteiger partial charge in [-0.25, -0.2) is 9.37 Å². The fourth-order valence-electron chi connectivity index (χ4n) is 6.80. The van der Waals surface area contributed by atoms with Gasteiger partial charge in [-0.3, -0.25) is 4.79 Å². The van der Waals surface area contributed by atoms with Crippen molar-refractivity contribution >= 4 is 5.97 Å². The summed E-state index contributed by atoms with van der Waals surface area (Å²) >= 11 is 0. The Bertz CT molecular complexity index is 1440. The van der Waals surface area contributed by atoms with Gasteiger partial charge in [-0.15, -0.1) is 0 Å². The molecule has 2 aromatic carbocycles. The van der Waals surface area contributed by atoms with Gasteiger partial charge in [0.25, 0.3) is 0 Å². The predicted octanol–water partition coefficient (Wildman–Crippen LogP) is 6.45. The summed E-state index contributed by atoms with van der Waals surface area (Å²) in [5.74, 6) is 0.555. The average Bonchev–Trinajstić information content (AvgIpc) is 3.50. The number of ether oxygens (including phenoxy) is 2. The van der Waals surface area contributed by atoms with Crippen LogP contribution in [0.1, 0.15) is 67.8 Å². The van der Waals surface area contributed by atoms with Gasteiger partial charge in [0.2, 0.25) is 5.88 Å². The SMILES string of the molecule is Cc1nc(OC2CCC(C(C)(C)O)CC2)ccc1-c1ccc(F)c(COc2ccc3c(c2)C[C@H]2[C@H](C(=O)O)[C@@H]32)c1. The molecule has 2 N–H and O–H groups in total. The second kappa shape index (κ2) is 10.2. The van der Waals surface area contributed by atoms with Crippen LogP contribution in [0.15, 0.2) is 48.5 Å². The Morgan fingerprint density at radius 1 is 1.07 bits per heavy atom. The Labute approximate surface area is 234 Å². The summed E-state index contributed by atoms with van der Waals surface area (Å²) < 4.78 is 26.9. The molecule has 0 bridgehead atoms. The van der Waals surface area contributed by atoms with Crippen LogP contribution in [0.25, 0.3) is 11.1 Å². The highest BCUT2D eigenvalue weighted by atomic mass is 19.1. The van der Waals surface area contributed by atoms with Gasteiger partial charge in [0.15, 0.2) is 0 Å². The number of halogens is 1. The number of aliphatic carboxylic acids is 1. The third-order valence-electron chi connectivity index (χ3n) is 9.15. The lowest BCUT2D eigenvalue weighted by Crippen LogP contribution is -2.36. The van der Waals surface area contributed by atoms with Gasteiger partial charge in [0, 0.05) is 28.8 Å². The zero-order valence-electron chi connectivity index (χ0n) is 23.2. The molecular weight excluding hydrogens is 509 g/mol. The van der Waals surface area contributed by atoms with Crippen LogP contribution in [0.2, 0.25) is 0 Å². The lowest BCUT2D eigenvalue weighted by molar-refractivity contribution is -0.139. The maximum absolute atomic E-state index is 14.7. The number of fused-ring (bicyclic) bond motifs is 3. The Morgan fingerprint density at radius 3 is 2.55 bits per heavy atom. The summed E-state index contributed by atoms with van der Waals surface area (Å²) in [7, 11) is 0. The fraction of sp³-hybridized carbons (Fsp3) is 0.455. The predicted molar refractivity (Wildman–Crippen MR) is 149 cm³/mol. The van der Waals surface area contributed by atoms with Crippen molar-refractivity contribution in [3.8, 4) is 22.8 Å². The van der Waals surface area contributed by atoms with Gasteiger partial charge in [0.1, 0.15) is 24.3 Å². The third-order valence-corrected chi connectivity index (χ3v) is 9.15. The fourth-order valence-corrected chi connectivity index (χ4v) is 6.80. The van der Waals surface area contributed by atoms with Gasteiger partial charge in [-0.2, -0.15) is 0 Å². The van der Waals surface area contributed by atoms with Crippen LogP contribution < -0.4 is 9.47 Å². The number of aryl methyl sites for hydroxylation is 1. The molecule has 0 spiro atoms. The number of nitrogens with zero attached hydrogens (tertiary/aromatic N) is 1. The Balaban J connectivity index is 1.10. The van der Waals surface area contributed by atoms with E-state index in [2.05, 4.69) is 4.98 Å². The van der Waals surface area contributed by atoms with E-state index in [9.17, 15) is 19.4 Å². The third kappa shape index (κ3) is 5.19. The van der Waals surface area contributed by atoms with Crippen LogP contribution in [-0.4, -0.2) is 32.9 Å². The minimum Gasteiger partial charge on any atom is -0.489 e. The number of benzene rings is 2. The Morgan fingerprint density at radius 2 is 1.85 bits per heavy atom. The highest BCUT2D eigenvalue weighted by Crippen LogP contribution is 2.61. The molecule has 1 heterocycles. The van der Waals surface area contributed by atoms with Crippen molar-refractivity contribution in [3.05, 3.63) is 76.7 Å². The first-order chi connectivity index (χ1) is 19.1. The minimum absolute atomic E-state index is 0.0874. The highest BCUT2D eigenvalue weighted by Gasteiger charge is 2.59. The van der Waals surface area contributed by atoms with Gasteiger partial charge in [-0.05, 0) is 112 Å². The standard InChI is InChI=1S/C33H36FNO5/c1-18-25(11-13-29(35-18)40-23-7-5-22(6-8-23)33(2,3)38)19-4-12-28(34)21(14-19)17-39-24-9-10-26-20(15-24)16-27-30(26)31(27)32(36)37/h4,9-15,22-23,27,30-31,38H,5-8,16-17H2,1-3H3,(H,36,37)/t22?,23?,27-,30+,31+/m1/s1. The molecule has 1 aromatic heterocycles. The maximum atomic E-state index is 14.7. The monoisotopic (exact) mass is 545 g/mol. The van der Waals surface area contributed by atoms with Crippen molar-refractivity contribution in [3.63, 3.8) is 0 Å². The molecule has 210 valence electrons. The maximum Gasteiger partial charge on any atom is 0.307 e. The minimum atomic E-state index is -0.714. The molecule has 0 amide bonds. The zero-order chi connectivity index (χ0) is 28.2. The Hall–Kier alpha value is -3.45. The topological polar surface area (TPSA) is 88.9 Å². The highest BCUT2D eigenvalue weighted by molar-refractivity contribution is 5.78. The zero-order valence-corrected chi connectivity index (χ0v) is 23.2. The van der Waals surface area contributed by atoms with Crippen molar-refractivity contribution in [1.82, 2.24) is 4.98 Å². The van der Waals surface area contributed by atoms with E-state index >= 15 is 0 Å². The van der Waals surface area contributed by atoms with Crippen LogP contribution in [0.5, 0.6) is 11.6 Å². The molecule has 0 saturated heterocycles. The van der Waals surface area contributed by atoms with Gasteiger partial charge in [-0.1, -0.05) is 12.1 Å². The van der Waals surface area contributed by atoms with E-state index in [-0.39, 0.29) is 36.3 Å². The number of carbonyl (C=O) groups is 1. The number of hydrogen-bond donors (Lipinski definition) is 2. The van der Waals surface area contributed by atoms with Crippen LogP contribution in [0.3, 0.4) is 0 Å². The largest absolute Gasteiger partial charge is 0.489 e. The van der Waals surface area contributed by atoms with Crippen LogP contribution >= 0.6 is 0 Å². The van der Waals surface area contributed by atoms with E-state index in [4.69, 9.17) is 9.47 Å². The number of carboxylic acids is 1. The van der Waals surface area contributed by atoms with Gasteiger partial charge < -0.3 is 19.7 Å². The normalized spacial score (nSPS) is 25.2. The summed E-state index contributed by atoms with van der Waals surface area (Å²) in [6.07, 6.45) is 4.51. The first-order valence-corrected chi connectivity index (χ1v) is 14.2. The number of hydrogen-bond acceptors (Lipinski definition) is 5. The second-order valence-corrected chi connectivity index (χ2v) is 12.2. The number of rotatable bonds is 8. The van der Waals surface area contributed by atoms with Crippen LogP contribution in [-0.2, 0) is 17.8 Å². The summed E-state index contributed by atoms with van der Waals surface area (Å²) in [4.78, 5) is 16.0. The molecule has 3 aliphatic carbocycles. The van der Waals surface area contributed by atoms with Crippen molar-refractivity contribution in [1.29, 1.82) is 0 Å². The molecule has 6 nitrogen and oxygen atoms in total. The summed E-state index contributed by atoms with van der Waals surface area (Å²) in [5.41, 5.74) is 4.60. The smallest absolute Gasteiger partial charge is 0.307 e. The van der Waals surface area contributed by atoms with Crippen molar-refractivity contribution in [2.45, 2.75) is 77.1 Å². The van der Waals surface area contributed by atoms with E-state index in [1.165, 1.54) is 6.07 Å². The summed E-state index contributed by atoms with van der Waals surface area (Å²) in [6.45, 7) is 5.77. The van der Waals surface area contributed by atoms with E-state index in [1.807, 2.05) is 51.1 Å². The molecule has 0 aliphatic heterocycles. The molecule has 3 atom stereocenters. The van der Waals surface area contributed by atoms with Crippen molar-refractivity contribution in [2.75, 3.05) is 0 Å². The average molecular weight is 546 g/mol. The molecule has 0 unspecified atom stereocenters. The molecule has 40 heavy (non-hydrogen) atoms. The molecule has 3 aromatic rings. The number of aliphatic hydroxyl groups is 1. The number of aromatic nitrogens is 1. The molecular formula is C33H36FNO5. The summed E-state index contributed by atoms with van der Waals surface area (Å²) in [6, 6.07) is 14.6. The van der Waals surface area contributed by atoms with Crippen LogP contribution in [0.4, 0.5) is 4.39 Å². The number of carboxylic acid groups (broad SMARTS) is 1. The van der Waals surface area contributed by atoms with Crippen molar-refractivity contribution in [2.24, 2.45) is 17.8 Å². The lowest BCUT2D eigenvalue weighted by atomic mass is 9.78. The van der Waals surface area contributed by atoms with E-state index < -0.39 is 11.6 Å². The first-order valence-electron chi connectivity index (χ1n) is 14.2. The molecule has 3 aliphatic rings. The first kappa shape index (κ1) is 26.8. The molecule has 7 heteroatoms. The van der Waals surface area contributed by atoms with Crippen molar-refractivity contribution < 1.29 is 28.9 Å². The molecule has 6 rings (SSSR count). The molecule has 0 radical (unpaired) electrons. The molecule has 2 fully saturated rings. The van der Waals surface area contributed by atoms with E-state index in [0.29, 0.717) is 23.1 Å². The van der Waals surface area contributed by atoms with Gasteiger partial charge in [0.05, 0.1) is 11.5 Å². The lowest BCUT2D eigenvalue weighted by Gasteiger charge is -2.35. The van der Waals surface area contributed by atoms with E-state index in [0.717, 1.165) is 60.1 Å². The summed E-state index contributed by atoms with van der Waals surface area (Å²) in [5, 5.41) is 19.6. The quantitative estimate of drug-likeness (QED) is 0.338. The Kier molecular flexibility index (Phi) is 6.81. The van der Waals surface area contributed by atoms with E-state index in [1.54, 1.807) is 12.1 Å². The number of pyridine rings is 1. The molecule has 2 saturated carbocycles.